The van der Waals surface area contributed by atoms with Crippen molar-refractivity contribution >= 4 is 21.7 Å². The van der Waals surface area contributed by atoms with E-state index in [1.807, 2.05) is 0 Å². The molecule has 0 amide bonds. The third kappa shape index (κ3) is 5.21. The fraction of sp³-hybridized carbons (Fsp3) is 0.250. The summed E-state index contributed by atoms with van der Waals surface area (Å²) in [6.45, 7) is 3.25. The number of benzene rings is 2. The second-order valence-corrected chi connectivity index (χ2v) is 8.55. The standard InChI is InChI=1S/C20H19FN4O7S/c1-3-24(4-2)33(29,30)15-9-10-17(21)16(11-15)20(26)31-12-18-22-23-19(32-18)13-5-7-14(8-6-13)25(27)28/h5-11H,3-4,12H2,1-2H3. The molecule has 0 spiro atoms. The zero-order chi connectivity index (χ0) is 24.2. The second kappa shape index (κ2) is 9.83. The quantitative estimate of drug-likeness (QED) is 0.257. The summed E-state index contributed by atoms with van der Waals surface area (Å²) in [5.41, 5.74) is -0.260. The molecule has 3 aromatic rings. The number of carbonyl (C=O) groups is 1. The molecule has 1 aromatic heterocycles. The predicted molar refractivity (Wildman–Crippen MR) is 112 cm³/mol. The SMILES string of the molecule is CCN(CC)S(=O)(=O)c1ccc(F)c(C(=O)OCc2nnc(-c3ccc([N+](=O)[O-])cc3)o2)c1. The van der Waals surface area contributed by atoms with E-state index in [0.717, 1.165) is 18.2 Å². The van der Waals surface area contributed by atoms with Crippen LogP contribution in [0, 0.1) is 15.9 Å². The Morgan fingerprint density at radius 2 is 1.82 bits per heavy atom. The summed E-state index contributed by atoms with van der Waals surface area (Å²) in [7, 11) is -3.90. The largest absolute Gasteiger partial charge is 0.452 e. The molecule has 0 atom stereocenters. The van der Waals surface area contributed by atoms with E-state index in [1.54, 1.807) is 13.8 Å². The molecule has 0 unspecified atom stereocenters. The Balaban J connectivity index is 1.73. The van der Waals surface area contributed by atoms with E-state index < -0.39 is 38.9 Å². The van der Waals surface area contributed by atoms with E-state index in [1.165, 1.54) is 28.6 Å². The Morgan fingerprint density at radius 3 is 2.42 bits per heavy atom. The van der Waals surface area contributed by atoms with Crippen molar-refractivity contribution in [2.24, 2.45) is 0 Å². The molecule has 0 N–H and O–H groups in total. The number of ether oxygens (including phenoxy) is 1. The van der Waals surface area contributed by atoms with Crippen LogP contribution in [0.25, 0.3) is 11.5 Å². The molecule has 0 radical (unpaired) electrons. The first kappa shape index (κ1) is 23.9. The maximum Gasteiger partial charge on any atom is 0.341 e. The van der Waals surface area contributed by atoms with Crippen molar-refractivity contribution in [1.29, 1.82) is 0 Å². The van der Waals surface area contributed by atoms with Gasteiger partial charge in [0.25, 0.3) is 11.6 Å². The minimum Gasteiger partial charge on any atom is -0.452 e. The Hall–Kier alpha value is -3.71. The van der Waals surface area contributed by atoms with Gasteiger partial charge in [0.05, 0.1) is 15.4 Å². The number of nitro groups is 1. The summed E-state index contributed by atoms with van der Waals surface area (Å²) in [5.74, 6) is -2.13. The van der Waals surface area contributed by atoms with Crippen molar-refractivity contribution in [1.82, 2.24) is 14.5 Å². The molecule has 0 aliphatic carbocycles. The van der Waals surface area contributed by atoms with Gasteiger partial charge in [0.2, 0.25) is 15.9 Å². The maximum atomic E-state index is 14.2. The predicted octanol–water partition coefficient (Wildman–Crippen LogP) is 3.17. The lowest BCUT2D eigenvalue weighted by Crippen LogP contribution is -2.30. The lowest BCUT2D eigenvalue weighted by Gasteiger charge is -2.18. The van der Waals surface area contributed by atoms with Crippen LogP contribution >= 0.6 is 0 Å². The Labute approximate surface area is 188 Å². The van der Waals surface area contributed by atoms with Crippen LogP contribution in [0.3, 0.4) is 0 Å². The zero-order valence-electron chi connectivity index (χ0n) is 17.6. The van der Waals surface area contributed by atoms with E-state index in [9.17, 15) is 27.7 Å². The van der Waals surface area contributed by atoms with E-state index >= 15 is 0 Å². The molecule has 11 nitrogen and oxygen atoms in total. The smallest absolute Gasteiger partial charge is 0.341 e. The highest BCUT2D eigenvalue weighted by Crippen LogP contribution is 2.23. The monoisotopic (exact) mass is 478 g/mol. The molecule has 13 heteroatoms. The van der Waals surface area contributed by atoms with Gasteiger partial charge in [-0.25, -0.2) is 17.6 Å². The number of hydrogen-bond donors (Lipinski definition) is 0. The van der Waals surface area contributed by atoms with Gasteiger partial charge < -0.3 is 9.15 Å². The topological polar surface area (TPSA) is 146 Å². The molecule has 0 bridgehead atoms. The van der Waals surface area contributed by atoms with Crippen LogP contribution in [0.1, 0.15) is 30.1 Å². The Bertz CT molecular complexity index is 1270. The molecule has 2 aromatic carbocycles. The van der Waals surface area contributed by atoms with Gasteiger partial charge >= 0.3 is 5.97 Å². The Morgan fingerprint density at radius 1 is 1.15 bits per heavy atom. The van der Waals surface area contributed by atoms with Gasteiger partial charge in [-0.15, -0.1) is 10.2 Å². The van der Waals surface area contributed by atoms with Crippen LogP contribution in [-0.2, 0) is 21.4 Å². The summed E-state index contributed by atoms with van der Waals surface area (Å²) in [6.07, 6.45) is 0. The molecular weight excluding hydrogens is 459 g/mol. The molecule has 33 heavy (non-hydrogen) atoms. The lowest BCUT2D eigenvalue weighted by atomic mass is 10.2. The van der Waals surface area contributed by atoms with Crippen LogP contribution in [-0.4, -0.2) is 46.9 Å². The highest BCUT2D eigenvalue weighted by Gasteiger charge is 2.25. The van der Waals surface area contributed by atoms with E-state index in [2.05, 4.69) is 10.2 Å². The first-order valence-electron chi connectivity index (χ1n) is 9.71. The molecule has 0 fully saturated rings. The number of non-ortho nitro benzene ring substituents is 1. The van der Waals surface area contributed by atoms with Crippen molar-refractivity contribution in [2.45, 2.75) is 25.3 Å². The number of sulfonamides is 1. The summed E-state index contributed by atoms with van der Waals surface area (Å²) >= 11 is 0. The third-order valence-electron chi connectivity index (χ3n) is 4.62. The second-order valence-electron chi connectivity index (χ2n) is 6.61. The maximum absolute atomic E-state index is 14.2. The van der Waals surface area contributed by atoms with E-state index in [0.29, 0.717) is 5.56 Å². The van der Waals surface area contributed by atoms with Gasteiger partial charge in [-0.1, -0.05) is 13.8 Å². The van der Waals surface area contributed by atoms with Crippen molar-refractivity contribution in [3.8, 4) is 11.5 Å². The van der Waals surface area contributed by atoms with Gasteiger partial charge in [0.15, 0.2) is 6.61 Å². The number of esters is 1. The molecular formula is C20H19FN4O7S. The fourth-order valence-electron chi connectivity index (χ4n) is 2.89. The number of nitrogens with zero attached hydrogens (tertiary/aromatic N) is 4. The van der Waals surface area contributed by atoms with Gasteiger partial charge in [-0.2, -0.15) is 4.31 Å². The molecule has 0 aliphatic rings. The molecule has 0 saturated carbocycles. The first-order valence-corrected chi connectivity index (χ1v) is 11.1. The van der Waals surface area contributed by atoms with Crippen molar-refractivity contribution in [3.05, 3.63) is 69.9 Å². The molecule has 174 valence electrons. The number of aromatic nitrogens is 2. The fourth-order valence-corrected chi connectivity index (χ4v) is 4.38. The van der Waals surface area contributed by atoms with Crippen LogP contribution in [0.5, 0.6) is 0 Å². The minimum atomic E-state index is -3.90. The number of carbonyl (C=O) groups excluding carboxylic acids is 1. The highest BCUT2D eigenvalue weighted by molar-refractivity contribution is 7.89. The third-order valence-corrected chi connectivity index (χ3v) is 6.67. The highest BCUT2D eigenvalue weighted by atomic mass is 32.2. The molecule has 1 heterocycles. The van der Waals surface area contributed by atoms with Crippen molar-refractivity contribution < 1.29 is 31.7 Å². The van der Waals surface area contributed by atoms with Gasteiger partial charge in [-0.3, -0.25) is 10.1 Å². The molecule has 3 rings (SSSR count). The molecule has 0 saturated heterocycles. The Kier molecular flexibility index (Phi) is 7.13. The van der Waals surface area contributed by atoms with Crippen LogP contribution in [0.2, 0.25) is 0 Å². The average molecular weight is 478 g/mol. The number of rotatable bonds is 9. The van der Waals surface area contributed by atoms with E-state index in [4.69, 9.17) is 9.15 Å². The summed E-state index contributed by atoms with van der Waals surface area (Å²) in [4.78, 5) is 22.3. The van der Waals surface area contributed by atoms with Crippen LogP contribution in [0.15, 0.2) is 51.8 Å². The van der Waals surface area contributed by atoms with Gasteiger partial charge in [-0.05, 0) is 30.3 Å². The number of nitro benzene ring substituents is 1. The number of hydrogen-bond acceptors (Lipinski definition) is 9. The summed E-state index contributed by atoms with van der Waals surface area (Å²) in [5, 5.41) is 18.2. The van der Waals surface area contributed by atoms with Crippen LogP contribution < -0.4 is 0 Å². The zero-order valence-corrected chi connectivity index (χ0v) is 18.4. The van der Waals surface area contributed by atoms with Crippen molar-refractivity contribution in [2.75, 3.05) is 13.1 Å². The minimum absolute atomic E-state index is 0.0365. The lowest BCUT2D eigenvalue weighted by molar-refractivity contribution is -0.384. The van der Waals surface area contributed by atoms with Gasteiger partial charge in [0.1, 0.15) is 5.82 Å². The summed E-state index contributed by atoms with van der Waals surface area (Å²) in [6, 6.07) is 8.24. The molecule has 0 aliphatic heterocycles. The number of halogens is 1. The summed E-state index contributed by atoms with van der Waals surface area (Å²) < 4.78 is 51.0. The van der Waals surface area contributed by atoms with Crippen molar-refractivity contribution in [3.63, 3.8) is 0 Å². The average Bonchev–Trinajstić information content (AvgIpc) is 3.27. The first-order chi connectivity index (χ1) is 15.7. The van der Waals surface area contributed by atoms with Gasteiger partial charge in [0, 0.05) is 30.8 Å². The van der Waals surface area contributed by atoms with E-state index in [-0.39, 0.29) is 35.5 Å². The normalized spacial score (nSPS) is 11.5. The van der Waals surface area contributed by atoms with Crippen LogP contribution in [0.4, 0.5) is 10.1 Å².